The summed E-state index contributed by atoms with van der Waals surface area (Å²) in [6, 6.07) is 6.81. The number of aliphatic hydroxyl groups excluding tert-OH is 1. The van der Waals surface area contributed by atoms with Gasteiger partial charge in [0.1, 0.15) is 5.82 Å². The number of carbonyl (C=O) groups is 1. The van der Waals surface area contributed by atoms with E-state index in [4.69, 9.17) is 5.11 Å². The van der Waals surface area contributed by atoms with Crippen molar-refractivity contribution >= 4 is 5.97 Å². The number of carboxylic acids is 1. The molecule has 4 nitrogen and oxygen atoms in total. The van der Waals surface area contributed by atoms with Crippen LogP contribution >= 0.6 is 0 Å². The molecule has 5 heteroatoms. The molecule has 0 spiro atoms. The van der Waals surface area contributed by atoms with Gasteiger partial charge in [-0.2, -0.15) is 0 Å². The second kappa shape index (κ2) is 4.93. The number of hydrogen-bond donors (Lipinski definition) is 2. The molecule has 0 saturated heterocycles. The van der Waals surface area contributed by atoms with Crippen LogP contribution in [0.15, 0.2) is 42.7 Å². The van der Waals surface area contributed by atoms with Crippen molar-refractivity contribution in [2.45, 2.75) is 6.10 Å². The number of benzene rings is 1. The van der Waals surface area contributed by atoms with Gasteiger partial charge in [-0.05, 0) is 41.0 Å². The lowest BCUT2D eigenvalue weighted by atomic mass is 9.97. The third-order valence-electron chi connectivity index (χ3n) is 2.54. The van der Waals surface area contributed by atoms with Crippen molar-refractivity contribution in [1.82, 2.24) is 4.98 Å². The molecule has 0 bridgehead atoms. The maximum atomic E-state index is 13.3. The number of nitrogens with zero attached hydrogens (tertiary/aromatic N) is 1. The number of rotatable bonds is 3. The summed E-state index contributed by atoms with van der Waals surface area (Å²) >= 11 is 0. The van der Waals surface area contributed by atoms with Crippen LogP contribution in [0.4, 0.5) is 4.39 Å². The Morgan fingerprint density at radius 2 is 1.89 bits per heavy atom. The van der Waals surface area contributed by atoms with Crippen LogP contribution in [0.25, 0.3) is 11.1 Å². The number of aromatic nitrogens is 1. The maximum absolute atomic E-state index is 13.3. The molecule has 1 aromatic heterocycles. The molecule has 0 fully saturated rings. The van der Waals surface area contributed by atoms with Gasteiger partial charge in [-0.15, -0.1) is 0 Å². The van der Waals surface area contributed by atoms with Crippen molar-refractivity contribution in [3.63, 3.8) is 0 Å². The summed E-state index contributed by atoms with van der Waals surface area (Å²) in [6.45, 7) is 0. The minimum Gasteiger partial charge on any atom is -0.479 e. The summed E-state index contributed by atoms with van der Waals surface area (Å²) in [7, 11) is 0. The van der Waals surface area contributed by atoms with E-state index < -0.39 is 17.9 Å². The van der Waals surface area contributed by atoms with E-state index in [0.29, 0.717) is 11.1 Å². The summed E-state index contributed by atoms with van der Waals surface area (Å²) in [5.41, 5.74) is 1.09. The quantitative estimate of drug-likeness (QED) is 0.870. The second-order valence-corrected chi connectivity index (χ2v) is 3.71. The lowest BCUT2D eigenvalue weighted by Gasteiger charge is -2.12. The highest BCUT2D eigenvalue weighted by atomic mass is 19.1. The van der Waals surface area contributed by atoms with E-state index in [1.807, 2.05) is 0 Å². The van der Waals surface area contributed by atoms with E-state index in [1.54, 1.807) is 12.1 Å². The van der Waals surface area contributed by atoms with Crippen LogP contribution in [0.5, 0.6) is 0 Å². The smallest absolute Gasteiger partial charge is 0.337 e. The van der Waals surface area contributed by atoms with Crippen LogP contribution in [0.2, 0.25) is 0 Å². The Labute approximate surface area is 102 Å². The Kier molecular flexibility index (Phi) is 3.34. The van der Waals surface area contributed by atoms with Crippen molar-refractivity contribution in [2.24, 2.45) is 0 Å². The van der Waals surface area contributed by atoms with Crippen LogP contribution in [0.3, 0.4) is 0 Å². The molecule has 0 aliphatic rings. The van der Waals surface area contributed by atoms with Crippen LogP contribution in [0, 0.1) is 5.82 Å². The molecule has 2 N–H and O–H groups in total. The summed E-state index contributed by atoms with van der Waals surface area (Å²) < 4.78 is 13.3. The second-order valence-electron chi connectivity index (χ2n) is 3.71. The molecule has 2 aromatic rings. The van der Waals surface area contributed by atoms with Crippen molar-refractivity contribution in [3.05, 3.63) is 54.1 Å². The first kappa shape index (κ1) is 12.2. The average Bonchev–Trinajstić information content (AvgIpc) is 2.39. The van der Waals surface area contributed by atoms with Crippen LogP contribution in [-0.4, -0.2) is 21.2 Å². The molecule has 0 saturated carbocycles. The number of aliphatic carboxylic acids is 1. The SMILES string of the molecule is O=C(O)C(O)c1ccc(F)cc1-c1ccncc1. The van der Waals surface area contributed by atoms with E-state index in [2.05, 4.69) is 4.98 Å². The van der Waals surface area contributed by atoms with Crippen molar-refractivity contribution in [3.8, 4) is 11.1 Å². The summed E-state index contributed by atoms with van der Waals surface area (Å²) in [6.07, 6.45) is 1.34. The van der Waals surface area contributed by atoms with Gasteiger partial charge in [0.15, 0.2) is 6.10 Å². The van der Waals surface area contributed by atoms with Crippen molar-refractivity contribution < 1.29 is 19.4 Å². The first-order chi connectivity index (χ1) is 8.59. The molecule has 18 heavy (non-hydrogen) atoms. The van der Waals surface area contributed by atoms with Gasteiger partial charge in [0, 0.05) is 12.4 Å². The van der Waals surface area contributed by atoms with Crippen LogP contribution in [0.1, 0.15) is 11.7 Å². The summed E-state index contributed by atoms with van der Waals surface area (Å²) in [5, 5.41) is 18.4. The molecule has 2 rings (SSSR count). The van der Waals surface area contributed by atoms with Gasteiger partial charge >= 0.3 is 5.97 Å². The van der Waals surface area contributed by atoms with Gasteiger partial charge in [-0.1, -0.05) is 6.07 Å². The molecule has 0 radical (unpaired) electrons. The molecule has 1 unspecified atom stereocenters. The van der Waals surface area contributed by atoms with Gasteiger partial charge in [-0.3, -0.25) is 4.98 Å². The van der Waals surface area contributed by atoms with Crippen LogP contribution < -0.4 is 0 Å². The lowest BCUT2D eigenvalue weighted by molar-refractivity contribution is -0.146. The minimum atomic E-state index is -1.69. The highest BCUT2D eigenvalue weighted by Gasteiger charge is 2.20. The zero-order chi connectivity index (χ0) is 13.1. The Bertz CT molecular complexity index is 572. The number of halogens is 1. The van der Waals surface area contributed by atoms with E-state index >= 15 is 0 Å². The monoisotopic (exact) mass is 247 g/mol. The van der Waals surface area contributed by atoms with E-state index in [9.17, 15) is 14.3 Å². The van der Waals surface area contributed by atoms with Gasteiger partial charge in [0.2, 0.25) is 0 Å². The predicted octanol–water partition coefficient (Wildman–Crippen LogP) is 2.01. The molecule has 0 amide bonds. The van der Waals surface area contributed by atoms with Gasteiger partial charge < -0.3 is 10.2 Å². The third kappa shape index (κ3) is 2.36. The standard InChI is InChI=1S/C13H10FNO3/c14-9-1-2-10(12(16)13(17)18)11(7-9)8-3-5-15-6-4-8/h1-7,12,16H,(H,17,18). The Morgan fingerprint density at radius 1 is 1.22 bits per heavy atom. The molecule has 1 aromatic carbocycles. The summed E-state index contributed by atoms with van der Waals surface area (Å²) in [4.78, 5) is 14.6. The highest BCUT2D eigenvalue weighted by Crippen LogP contribution is 2.28. The number of pyridine rings is 1. The fraction of sp³-hybridized carbons (Fsp3) is 0.0769. The van der Waals surface area contributed by atoms with E-state index in [0.717, 1.165) is 6.07 Å². The minimum absolute atomic E-state index is 0.148. The lowest BCUT2D eigenvalue weighted by Crippen LogP contribution is -2.11. The third-order valence-corrected chi connectivity index (χ3v) is 2.54. The molecular formula is C13H10FNO3. The molecule has 92 valence electrons. The molecule has 1 heterocycles. The largest absolute Gasteiger partial charge is 0.479 e. The first-order valence-corrected chi connectivity index (χ1v) is 5.20. The van der Waals surface area contributed by atoms with Gasteiger partial charge in [0.25, 0.3) is 0 Å². The zero-order valence-corrected chi connectivity index (χ0v) is 9.25. The van der Waals surface area contributed by atoms with Crippen LogP contribution in [-0.2, 0) is 4.79 Å². The number of hydrogen-bond acceptors (Lipinski definition) is 3. The van der Waals surface area contributed by atoms with Crippen molar-refractivity contribution in [1.29, 1.82) is 0 Å². The van der Waals surface area contributed by atoms with Gasteiger partial charge in [0.05, 0.1) is 0 Å². The molecule has 0 aliphatic carbocycles. The molecule has 1 atom stereocenters. The Hall–Kier alpha value is -2.27. The topological polar surface area (TPSA) is 70.4 Å². The molecule has 0 aliphatic heterocycles. The Morgan fingerprint density at radius 3 is 2.50 bits per heavy atom. The normalized spacial score (nSPS) is 12.1. The average molecular weight is 247 g/mol. The maximum Gasteiger partial charge on any atom is 0.337 e. The van der Waals surface area contributed by atoms with Crippen molar-refractivity contribution in [2.75, 3.05) is 0 Å². The first-order valence-electron chi connectivity index (χ1n) is 5.20. The van der Waals surface area contributed by atoms with E-state index in [1.165, 1.54) is 24.5 Å². The summed E-state index contributed by atoms with van der Waals surface area (Å²) in [5.74, 6) is -1.87. The zero-order valence-electron chi connectivity index (χ0n) is 9.25. The highest BCUT2D eigenvalue weighted by molar-refractivity contribution is 5.79. The predicted molar refractivity (Wildman–Crippen MR) is 62.2 cm³/mol. The molecular weight excluding hydrogens is 237 g/mol. The van der Waals surface area contributed by atoms with E-state index in [-0.39, 0.29) is 5.56 Å². The van der Waals surface area contributed by atoms with Gasteiger partial charge in [-0.25, -0.2) is 9.18 Å². The Balaban J connectivity index is 2.58. The fourth-order valence-corrected chi connectivity index (χ4v) is 1.68. The number of aliphatic hydroxyl groups is 1. The number of carboxylic acid groups (broad SMARTS) is 1. The fourth-order valence-electron chi connectivity index (χ4n) is 1.68.